The van der Waals surface area contributed by atoms with Gasteiger partial charge in [0.25, 0.3) is 0 Å². The molecule has 41 heavy (non-hydrogen) atoms. The summed E-state index contributed by atoms with van der Waals surface area (Å²) < 4.78 is 30.9. The van der Waals surface area contributed by atoms with Crippen LogP contribution in [0.15, 0.2) is 120 Å². The third-order valence-electron chi connectivity index (χ3n) is 6.94. The maximum absolute atomic E-state index is 11.2. The van der Waals surface area contributed by atoms with Crippen molar-refractivity contribution < 1.29 is 28.8 Å². The fraction of sp³-hybridized carbons (Fsp3) is 0.294. The van der Waals surface area contributed by atoms with E-state index in [0.717, 1.165) is 27.3 Å². The van der Waals surface area contributed by atoms with Crippen molar-refractivity contribution in [3.63, 3.8) is 0 Å². The number of hydrogen-bond donors (Lipinski definition) is 1. The first-order chi connectivity index (χ1) is 20.2. The van der Waals surface area contributed by atoms with Crippen molar-refractivity contribution in [3.05, 3.63) is 132 Å². The maximum atomic E-state index is 11.2. The zero-order valence-electron chi connectivity index (χ0n) is 23.1. The van der Waals surface area contributed by atoms with Crippen molar-refractivity contribution in [2.75, 3.05) is 12.9 Å². The summed E-state index contributed by atoms with van der Waals surface area (Å²) in [5, 5.41) is 11.2. The lowest BCUT2D eigenvalue weighted by molar-refractivity contribution is -0.307. The molecule has 1 saturated heterocycles. The Morgan fingerprint density at radius 2 is 1.10 bits per heavy atom. The highest BCUT2D eigenvalue weighted by molar-refractivity contribution is 7.99. The molecule has 0 radical (unpaired) electrons. The molecule has 0 aliphatic carbocycles. The second-order valence-corrected chi connectivity index (χ2v) is 10.9. The van der Waals surface area contributed by atoms with E-state index < -0.39 is 30.7 Å². The normalized spacial score (nSPS) is 22.3. The average molecular weight is 573 g/mol. The van der Waals surface area contributed by atoms with E-state index in [1.54, 1.807) is 18.9 Å². The van der Waals surface area contributed by atoms with E-state index in [1.165, 1.54) is 0 Å². The molecule has 1 fully saturated rings. The van der Waals surface area contributed by atoms with Gasteiger partial charge >= 0.3 is 0 Å². The maximum Gasteiger partial charge on any atom is 0.184 e. The molecule has 1 N–H and O–H groups in total. The highest BCUT2D eigenvalue weighted by atomic mass is 32.2. The summed E-state index contributed by atoms with van der Waals surface area (Å²) in [4.78, 5) is 1.11. The van der Waals surface area contributed by atoms with Gasteiger partial charge in [0.05, 0.1) is 33.0 Å². The molecular weight excluding hydrogens is 536 g/mol. The minimum atomic E-state index is -1.18. The van der Waals surface area contributed by atoms with Gasteiger partial charge in [-0.2, -0.15) is 0 Å². The van der Waals surface area contributed by atoms with Gasteiger partial charge in [-0.3, -0.25) is 0 Å². The van der Waals surface area contributed by atoms with Crippen molar-refractivity contribution in [2.45, 2.75) is 55.4 Å². The standard InChI is InChI=1S/C34H36O6S/c1-36-28-19-17-27(18-20-28)23-37-31-30(24-41-29-15-9-4-10-16-29)40-34(35)33(39-22-26-13-7-3-8-14-26)32(31)38-21-25-11-5-2-6-12-25/h2-20,30-35H,21-24H2,1H3/t30-,31+,32+,33-,34+/m1/s1. The van der Waals surface area contributed by atoms with E-state index >= 15 is 0 Å². The highest BCUT2D eigenvalue weighted by Crippen LogP contribution is 2.32. The van der Waals surface area contributed by atoms with Crippen molar-refractivity contribution in [2.24, 2.45) is 0 Å². The predicted molar refractivity (Wildman–Crippen MR) is 160 cm³/mol. The summed E-state index contributed by atoms with van der Waals surface area (Å²) in [7, 11) is 1.65. The lowest BCUT2D eigenvalue weighted by Gasteiger charge is -2.44. The lowest BCUT2D eigenvalue weighted by atomic mass is 9.98. The number of rotatable bonds is 13. The van der Waals surface area contributed by atoms with Crippen LogP contribution in [-0.2, 0) is 38.8 Å². The monoisotopic (exact) mass is 572 g/mol. The molecule has 5 rings (SSSR count). The lowest BCUT2D eigenvalue weighted by Crippen LogP contribution is -2.60. The van der Waals surface area contributed by atoms with Crippen LogP contribution in [0.3, 0.4) is 0 Å². The molecule has 6 nitrogen and oxygen atoms in total. The summed E-state index contributed by atoms with van der Waals surface area (Å²) in [5.74, 6) is 1.36. The second kappa shape index (κ2) is 15.2. The van der Waals surface area contributed by atoms with Gasteiger partial charge in [0.2, 0.25) is 0 Å². The van der Waals surface area contributed by atoms with Crippen LogP contribution in [-0.4, -0.2) is 48.7 Å². The first-order valence-corrected chi connectivity index (χ1v) is 14.7. The number of thioether (sulfide) groups is 1. The van der Waals surface area contributed by atoms with Crippen LogP contribution in [0.5, 0.6) is 5.75 Å². The Bertz CT molecular complexity index is 1290. The minimum absolute atomic E-state index is 0.311. The quantitative estimate of drug-likeness (QED) is 0.190. The van der Waals surface area contributed by atoms with E-state index in [4.69, 9.17) is 23.7 Å². The van der Waals surface area contributed by atoms with E-state index in [1.807, 2.05) is 103 Å². The molecule has 1 heterocycles. The number of methoxy groups -OCH3 is 1. The van der Waals surface area contributed by atoms with Crippen LogP contribution in [0.1, 0.15) is 16.7 Å². The first-order valence-electron chi connectivity index (χ1n) is 13.8. The number of hydrogen-bond acceptors (Lipinski definition) is 7. The van der Waals surface area contributed by atoms with Crippen molar-refractivity contribution in [3.8, 4) is 5.75 Å². The predicted octanol–water partition coefficient (Wildman–Crippen LogP) is 6.26. The van der Waals surface area contributed by atoms with E-state index in [-0.39, 0.29) is 0 Å². The number of aliphatic hydroxyl groups excluding tert-OH is 1. The Kier molecular flexibility index (Phi) is 10.9. The van der Waals surface area contributed by atoms with Gasteiger partial charge in [-0.15, -0.1) is 11.8 Å². The Morgan fingerprint density at radius 1 is 0.610 bits per heavy atom. The molecule has 0 saturated carbocycles. The molecule has 4 aromatic rings. The summed E-state index contributed by atoms with van der Waals surface area (Å²) in [6.07, 6.45) is -3.45. The zero-order chi connectivity index (χ0) is 28.3. The first kappa shape index (κ1) is 29.3. The molecule has 7 heteroatoms. The molecule has 0 bridgehead atoms. The van der Waals surface area contributed by atoms with Gasteiger partial charge in [-0.25, -0.2) is 0 Å². The van der Waals surface area contributed by atoms with Crippen LogP contribution in [0.4, 0.5) is 0 Å². The van der Waals surface area contributed by atoms with Gasteiger partial charge in [0.15, 0.2) is 6.29 Å². The molecule has 214 valence electrons. The van der Waals surface area contributed by atoms with Crippen LogP contribution in [0.2, 0.25) is 0 Å². The molecule has 5 atom stereocenters. The Labute approximate surface area is 246 Å². The van der Waals surface area contributed by atoms with Gasteiger partial charge < -0.3 is 28.8 Å². The third kappa shape index (κ3) is 8.42. The van der Waals surface area contributed by atoms with Gasteiger partial charge in [-0.1, -0.05) is 91.0 Å². The fourth-order valence-corrected chi connectivity index (χ4v) is 5.72. The van der Waals surface area contributed by atoms with Crippen LogP contribution >= 0.6 is 11.8 Å². The summed E-state index contributed by atoms with van der Waals surface area (Å²) in [6, 6.07) is 37.8. The SMILES string of the molecule is COc1ccc(CO[C@@H]2[C@H](OCc3ccccc3)[C@@H](OCc3ccccc3)[C@@H](O)O[C@@H]2CSc2ccccc2)cc1. The average Bonchev–Trinajstić information content (AvgIpc) is 3.03. The molecule has 4 aromatic carbocycles. The Balaban J connectivity index is 1.39. The number of ether oxygens (including phenoxy) is 5. The smallest absolute Gasteiger partial charge is 0.184 e. The second-order valence-electron chi connectivity index (χ2n) is 9.84. The Morgan fingerprint density at radius 3 is 1.66 bits per heavy atom. The van der Waals surface area contributed by atoms with Crippen LogP contribution in [0, 0.1) is 0 Å². The molecule has 1 aliphatic heterocycles. The molecule has 0 amide bonds. The highest BCUT2D eigenvalue weighted by Gasteiger charge is 2.47. The molecule has 0 unspecified atom stereocenters. The summed E-state index contributed by atoms with van der Waals surface area (Å²) >= 11 is 1.66. The van der Waals surface area contributed by atoms with Gasteiger partial charge in [0.1, 0.15) is 24.1 Å². The summed E-state index contributed by atoms with van der Waals surface area (Å²) in [5.41, 5.74) is 3.02. The van der Waals surface area contributed by atoms with Crippen molar-refractivity contribution in [1.82, 2.24) is 0 Å². The number of aliphatic hydroxyl groups is 1. The zero-order valence-corrected chi connectivity index (χ0v) is 23.9. The molecule has 0 aromatic heterocycles. The van der Waals surface area contributed by atoms with E-state index in [0.29, 0.717) is 25.6 Å². The largest absolute Gasteiger partial charge is 0.497 e. The van der Waals surface area contributed by atoms with E-state index in [9.17, 15) is 5.11 Å². The van der Waals surface area contributed by atoms with Gasteiger partial charge in [-0.05, 0) is 41.0 Å². The van der Waals surface area contributed by atoms with Gasteiger partial charge in [0, 0.05) is 10.6 Å². The summed E-state index contributed by atoms with van der Waals surface area (Å²) in [6.45, 7) is 1.01. The van der Waals surface area contributed by atoms with Crippen LogP contribution < -0.4 is 4.74 Å². The van der Waals surface area contributed by atoms with Crippen molar-refractivity contribution in [1.29, 1.82) is 0 Å². The fourth-order valence-electron chi connectivity index (χ4n) is 4.74. The van der Waals surface area contributed by atoms with Crippen LogP contribution in [0.25, 0.3) is 0 Å². The van der Waals surface area contributed by atoms with E-state index in [2.05, 4.69) is 12.1 Å². The molecule has 1 aliphatic rings. The topological polar surface area (TPSA) is 66.4 Å². The minimum Gasteiger partial charge on any atom is -0.497 e. The number of benzene rings is 4. The molecular formula is C34H36O6S. The Hall–Kier alpha value is -3.17. The molecule has 0 spiro atoms. The third-order valence-corrected chi connectivity index (χ3v) is 8.04. The van der Waals surface area contributed by atoms with Crippen molar-refractivity contribution >= 4 is 11.8 Å².